The largest absolute Gasteiger partial charge is 0.298 e. The van der Waals surface area contributed by atoms with E-state index in [1.54, 1.807) is 0 Å². The normalized spacial score (nSPS) is 5.50. The molecule has 0 unspecified atom stereocenters. The predicted molar refractivity (Wildman–Crippen MR) is 27.6 cm³/mol. The first-order valence-corrected chi connectivity index (χ1v) is 2.28. The minimum Gasteiger partial charge on any atom is -0.298 e. The smallest absolute Gasteiger partial charge is 0.150 e. The highest BCUT2D eigenvalue weighted by Gasteiger charge is 1.49. The van der Waals surface area contributed by atoms with Crippen LogP contribution in [-0.2, 0) is 4.79 Å². The molecule has 0 aliphatic rings. The Balaban J connectivity index is 3.46. The zero-order chi connectivity index (χ0) is 4.83. The third-order valence-electron chi connectivity index (χ3n) is 0.227. The van der Waals surface area contributed by atoms with Crippen LogP contribution in [0.3, 0.4) is 0 Å². The highest BCUT2D eigenvalue weighted by molar-refractivity contribution is 9.11. The molecule has 0 heterocycles. The molecule has 2 heteroatoms. The summed E-state index contributed by atoms with van der Waals surface area (Å²) in [7, 11) is 0. The maximum absolute atomic E-state index is 9.40. The van der Waals surface area contributed by atoms with E-state index in [1.807, 2.05) is 0 Å². The highest BCUT2D eigenvalue weighted by atomic mass is 79.9. The molecule has 0 atom stereocenters. The summed E-state index contributed by atoms with van der Waals surface area (Å²) in [4.78, 5) is 10.9. The lowest BCUT2D eigenvalue weighted by Gasteiger charge is -1.48. The molecule has 1 nitrogen and oxygen atoms in total. The summed E-state index contributed by atoms with van der Waals surface area (Å²) in [5, 5.41) is 0. The Bertz CT molecular complexity index is 89.7. The van der Waals surface area contributed by atoms with Crippen LogP contribution in [0.25, 0.3) is 0 Å². The highest BCUT2D eigenvalue weighted by Crippen LogP contribution is 1.74. The minimum atomic E-state index is 0.664. The number of allylic oxidation sites excluding steroid dienone is 1. The van der Waals surface area contributed by atoms with E-state index < -0.39 is 0 Å². The van der Waals surface area contributed by atoms with Crippen LogP contribution in [0.4, 0.5) is 0 Å². The molecule has 0 fully saturated rings. The predicted octanol–water partition coefficient (Wildman–Crippen LogP) is 1.25. The molecule has 0 aromatic heterocycles. The van der Waals surface area contributed by atoms with E-state index in [2.05, 4.69) is 21.7 Å². The van der Waals surface area contributed by atoms with Crippen molar-refractivity contribution in [2.75, 3.05) is 0 Å². The van der Waals surface area contributed by atoms with E-state index in [0.29, 0.717) is 6.29 Å². The molecular weight excluding hydrogens is 144 g/mol. The molecule has 32 valence electrons. The second-order valence-corrected chi connectivity index (χ2v) is 1.04. The fourth-order valence-electron chi connectivity index (χ4n) is 0.0757. The second-order valence-electron chi connectivity index (χ2n) is 0.579. The van der Waals surface area contributed by atoms with Gasteiger partial charge in [0.1, 0.15) is 0 Å². The van der Waals surface area contributed by atoms with Gasteiger partial charge in [0.15, 0.2) is 6.29 Å². The van der Waals surface area contributed by atoms with Crippen LogP contribution in [0.1, 0.15) is 0 Å². The Morgan fingerprint density at radius 3 is 2.50 bits per heavy atom. The van der Waals surface area contributed by atoms with E-state index in [1.165, 1.54) is 11.1 Å². The molecule has 6 heavy (non-hydrogen) atoms. The average molecular weight is 147 g/mol. The van der Waals surface area contributed by atoms with Crippen LogP contribution in [0.5, 0.6) is 0 Å². The third-order valence-corrected chi connectivity index (χ3v) is 0.492. The lowest BCUT2D eigenvalue weighted by Crippen LogP contribution is -1.48. The van der Waals surface area contributed by atoms with Crippen LogP contribution in [0.2, 0.25) is 0 Å². The van der Waals surface area contributed by atoms with Gasteiger partial charge < -0.3 is 0 Å². The number of halogens is 1. The van der Waals surface area contributed by atoms with E-state index >= 15 is 0 Å². The van der Waals surface area contributed by atoms with Crippen molar-refractivity contribution >= 4 is 22.2 Å². The van der Waals surface area contributed by atoms with Crippen LogP contribution in [-0.4, -0.2) is 6.29 Å². The number of aldehydes is 1. The van der Waals surface area contributed by atoms with Gasteiger partial charge in [-0.05, 0) is 0 Å². The summed E-state index contributed by atoms with van der Waals surface area (Å²) >= 11 is 2.92. The Kier molecular flexibility index (Phi) is 4.41. The first-order chi connectivity index (χ1) is 2.91. The monoisotopic (exact) mass is 146 g/mol. The maximum atomic E-state index is 9.40. The summed E-state index contributed by atoms with van der Waals surface area (Å²) in [6.45, 7) is 0. The van der Waals surface area contributed by atoms with Crippen molar-refractivity contribution in [3.8, 4) is 0 Å². The van der Waals surface area contributed by atoms with Crippen LogP contribution >= 0.6 is 15.9 Å². The molecular formula is C4H3BrO. The van der Waals surface area contributed by atoms with E-state index in [9.17, 15) is 4.79 Å². The van der Waals surface area contributed by atoms with Crippen molar-refractivity contribution in [3.63, 3.8) is 0 Å². The van der Waals surface area contributed by atoms with Gasteiger partial charge in [0.2, 0.25) is 0 Å². The van der Waals surface area contributed by atoms with Crippen molar-refractivity contribution in [2.45, 2.75) is 0 Å². The van der Waals surface area contributed by atoms with Gasteiger partial charge in [-0.15, -0.1) is 5.73 Å². The Morgan fingerprint density at radius 1 is 1.67 bits per heavy atom. The number of carbonyl (C=O) groups is 1. The zero-order valence-electron chi connectivity index (χ0n) is 3.02. The van der Waals surface area contributed by atoms with Gasteiger partial charge in [-0.25, -0.2) is 0 Å². The number of hydrogen-bond acceptors (Lipinski definition) is 1. The number of rotatable bonds is 1. The van der Waals surface area contributed by atoms with Gasteiger partial charge in [-0.2, -0.15) is 0 Å². The standard InChI is InChI=1S/C4H3BrO/c5-3-1-2-4-6/h2-4H. The summed E-state index contributed by atoms with van der Waals surface area (Å²) in [6.07, 6.45) is 1.94. The van der Waals surface area contributed by atoms with E-state index in [4.69, 9.17) is 0 Å². The molecule has 0 aliphatic carbocycles. The number of hydrogen-bond donors (Lipinski definition) is 0. The fourth-order valence-corrected chi connectivity index (χ4v) is 0.228. The molecule has 0 spiro atoms. The summed E-state index contributed by atoms with van der Waals surface area (Å²) < 4.78 is 0. The van der Waals surface area contributed by atoms with Gasteiger partial charge in [0, 0.05) is 11.1 Å². The molecule has 0 saturated carbocycles. The first kappa shape index (κ1) is 5.67. The van der Waals surface area contributed by atoms with Crippen LogP contribution in [0, 0.1) is 0 Å². The maximum Gasteiger partial charge on any atom is 0.150 e. The van der Waals surface area contributed by atoms with Gasteiger partial charge in [-0.3, -0.25) is 4.79 Å². The second kappa shape index (κ2) is 4.67. The van der Waals surface area contributed by atoms with Gasteiger partial charge >= 0.3 is 0 Å². The van der Waals surface area contributed by atoms with E-state index in [-0.39, 0.29) is 0 Å². The molecule has 0 rings (SSSR count). The van der Waals surface area contributed by atoms with E-state index in [0.717, 1.165) is 0 Å². The quantitative estimate of drug-likeness (QED) is 0.310. The van der Waals surface area contributed by atoms with Crippen molar-refractivity contribution in [2.24, 2.45) is 0 Å². The Labute approximate surface area is 44.5 Å². The molecule has 0 amide bonds. The molecule has 0 bridgehead atoms. The van der Waals surface area contributed by atoms with Gasteiger partial charge in [0.25, 0.3) is 0 Å². The van der Waals surface area contributed by atoms with Crippen molar-refractivity contribution in [3.05, 3.63) is 16.8 Å². The first-order valence-electron chi connectivity index (χ1n) is 1.36. The summed E-state index contributed by atoms with van der Waals surface area (Å²) in [5.41, 5.74) is 2.50. The van der Waals surface area contributed by atoms with Crippen molar-refractivity contribution in [1.82, 2.24) is 0 Å². The topological polar surface area (TPSA) is 17.1 Å². The van der Waals surface area contributed by atoms with Crippen LogP contribution < -0.4 is 0 Å². The lowest BCUT2D eigenvalue weighted by atomic mass is 10.7. The SMILES string of the molecule is O=CC=C=CBr. The molecule has 0 radical (unpaired) electrons. The molecule has 0 aromatic rings. The number of carbonyl (C=O) groups excluding carboxylic acids is 1. The van der Waals surface area contributed by atoms with Gasteiger partial charge in [0.05, 0.1) is 0 Å². The fraction of sp³-hybridized carbons (Fsp3) is 0. The molecule has 0 aromatic carbocycles. The minimum absolute atomic E-state index is 0.664. The third kappa shape index (κ3) is 3.67. The Morgan fingerprint density at radius 2 is 2.33 bits per heavy atom. The zero-order valence-corrected chi connectivity index (χ0v) is 4.60. The van der Waals surface area contributed by atoms with Gasteiger partial charge in [-0.1, -0.05) is 15.9 Å². The summed E-state index contributed by atoms with van der Waals surface area (Å²) in [6, 6.07) is 0. The van der Waals surface area contributed by atoms with Crippen molar-refractivity contribution in [1.29, 1.82) is 0 Å². The molecule has 0 saturated heterocycles. The average Bonchev–Trinajstić information content (AvgIpc) is 1.61. The summed E-state index contributed by atoms with van der Waals surface area (Å²) in [5.74, 6) is 0. The molecule has 0 N–H and O–H groups in total. The van der Waals surface area contributed by atoms with Crippen LogP contribution in [0.15, 0.2) is 16.8 Å². The lowest BCUT2D eigenvalue weighted by molar-refractivity contribution is -0.104. The molecule has 0 aliphatic heterocycles. The van der Waals surface area contributed by atoms with Crippen molar-refractivity contribution < 1.29 is 4.79 Å². The Hall–Kier alpha value is -0.330.